The number of benzene rings is 3. The molecule has 3 heteroatoms. The average molecular weight is 505 g/mol. The third-order valence-electron chi connectivity index (χ3n) is 7.06. The zero-order valence-electron chi connectivity index (χ0n) is 23.5. The molecule has 3 aromatic rings. The first-order chi connectivity index (χ1) is 16.9. The van der Waals surface area contributed by atoms with Gasteiger partial charge in [-0.3, -0.25) is 0 Å². The molecular formula is C33H45O2P. The highest BCUT2D eigenvalue weighted by Gasteiger charge is 2.33. The van der Waals surface area contributed by atoms with Gasteiger partial charge in [0.2, 0.25) is 0 Å². The first-order valence-corrected chi connectivity index (χ1v) is 14.3. The molecule has 1 N–H and O–H groups in total. The lowest BCUT2D eigenvalue weighted by Crippen LogP contribution is -2.24. The van der Waals surface area contributed by atoms with E-state index >= 15 is 0 Å². The van der Waals surface area contributed by atoms with Crippen LogP contribution in [0.25, 0.3) is 0 Å². The van der Waals surface area contributed by atoms with E-state index in [1.807, 2.05) is 13.0 Å². The second kappa shape index (κ2) is 11.9. The number of aliphatic hydroxyl groups excluding tert-OH is 1. The molecular weight excluding hydrogens is 459 g/mol. The predicted molar refractivity (Wildman–Crippen MR) is 157 cm³/mol. The summed E-state index contributed by atoms with van der Waals surface area (Å²) in [6.07, 6.45) is 2.88. The van der Waals surface area contributed by atoms with Crippen molar-refractivity contribution in [3.8, 4) is 5.75 Å². The van der Waals surface area contributed by atoms with Crippen LogP contribution in [-0.2, 0) is 17.2 Å². The Bertz CT molecular complexity index is 1140. The Hall–Kier alpha value is -2.15. The molecule has 0 radical (unpaired) electrons. The third-order valence-corrected chi connectivity index (χ3v) is 8.85. The second-order valence-electron chi connectivity index (χ2n) is 11.5. The largest absolute Gasteiger partial charge is 0.488 e. The highest BCUT2D eigenvalue weighted by atomic mass is 31.1. The van der Waals surface area contributed by atoms with Crippen molar-refractivity contribution >= 4 is 13.9 Å². The molecule has 0 amide bonds. The van der Waals surface area contributed by atoms with Crippen molar-refractivity contribution in [1.29, 1.82) is 0 Å². The number of unbranched alkanes of at least 4 members (excludes halogenated alkanes) is 1. The molecule has 0 saturated carbocycles. The molecule has 0 aliphatic heterocycles. The van der Waals surface area contributed by atoms with Gasteiger partial charge in [-0.2, -0.15) is 0 Å². The molecule has 0 aliphatic rings. The third kappa shape index (κ3) is 6.99. The van der Waals surface area contributed by atoms with Crippen LogP contribution in [-0.4, -0.2) is 5.11 Å². The molecule has 0 fully saturated rings. The van der Waals surface area contributed by atoms with Gasteiger partial charge in [-0.15, -0.1) is 0 Å². The van der Waals surface area contributed by atoms with Crippen LogP contribution in [0.4, 0.5) is 0 Å². The van der Waals surface area contributed by atoms with Gasteiger partial charge in [-0.1, -0.05) is 122 Å². The van der Waals surface area contributed by atoms with E-state index in [4.69, 9.17) is 4.74 Å². The zero-order chi connectivity index (χ0) is 26.5. The lowest BCUT2D eigenvalue weighted by molar-refractivity contribution is 0.200. The van der Waals surface area contributed by atoms with Crippen LogP contribution in [0.1, 0.15) is 100 Å². The molecule has 3 rings (SSSR count). The van der Waals surface area contributed by atoms with E-state index in [9.17, 15) is 5.11 Å². The van der Waals surface area contributed by atoms with Crippen molar-refractivity contribution in [2.75, 3.05) is 0 Å². The highest BCUT2D eigenvalue weighted by molar-refractivity contribution is 7.48. The van der Waals surface area contributed by atoms with Gasteiger partial charge in [-0.25, -0.2) is 0 Å². The van der Waals surface area contributed by atoms with Gasteiger partial charge in [0.25, 0.3) is 0 Å². The monoisotopic (exact) mass is 504 g/mol. The molecule has 0 aliphatic carbocycles. The molecule has 0 bridgehead atoms. The number of rotatable bonds is 10. The Labute approximate surface area is 221 Å². The van der Waals surface area contributed by atoms with Gasteiger partial charge >= 0.3 is 0 Å². The Morgan fingerprint density at radius 2 is 1.64 bits per heavy atom. The van der Waals surface area contributed by atoms with Crippen molar-refractivity contribution in [2.45, 2.75) is 97.9 Å². The maximum Gasteiger partial charge on any atom is 0.126 e. The summed E-state index contributed by atoms with van der Waals surface area (Å²) in [6, 6.07) is 21.7. The molecule has 0 heterocycles. The van der Waals surface area contributed by atoms with Gasteiger partial charge < -0.3 is 9.84 Å². The summed E-state index contributed by atoms with van der Waals surface area (Å²) in [5.41, 5.74) is 7.29. The highest BCUT2D eigenvalue weighted by Crippen LogP contribution is 2.51. The molecule has 2 nitrogen and oxygen atoms in total. The van der Waals surface area contributed by atoms with E-state index in [0.717, 1.165) is 30.6 Å². The predicted octanol–water partition coefficient (Wildman–Crippen LogP) is 8.64. The fourth-order valence-corrected chi connectivity index (χ4v) is 6.58. The Morgan fingerprint density at radius 3 is 2.25 bits per heavy atom. The quantitative estimate of drug-likeness (QED) is 0.280. The summed E-state index contributed by atoms with van der Waals surface area (Å²) < 4.78 is 6.64. The number of hydrogen-bond donors (Lipinski definition) is 1. The van der Waals surface area contributed by atoms with E-state index in [1.54, 1.807) is 0 Å². The van der Waals surface area contributed by atoms with E-state index in [1.165, 1.54) is 33.1 Å². The van der Waals surface area contributed by atoms with Crippen LogP contribution in [0.3, 0.4) is 0 Å². The van der Waals surface area contributed by atoms with E-state index in [2.05, 4.69) is 103 Å². The normalized spacial score (nSPS) is 14.7. The lowest BCUT2D eigenvalue weighted by Gasteiger charge is -2.35. The molecule has 0 saturated heterocycles. The number of hydrogen-bond acceptors (Lipinski definition) is 2. The molecule has 3 aromatic carbocycles. The SMILES string of the molecule is CCCCC(C)(Pc1ccc(C)cc1C(C)O)c1cc(C(C)(C)C)cc(C)c1OCc1ccccc1. The number of ether oxygens (including phenoxy) is 1. The van der Waals surface area contributed by atoms with Crippen molar-refractivity contribution in [3.63, 3.8) is 0 Å². The summed E-state index contributed by atoms with van der Waals surface area (Å²) in [7, 11) is 0.527. The molecule has 0 aromatic heterocycles. The van der Waals surface area contributed by atoms with Gasteiger partial charge in [0.05, 0.1) is 6.10 Å². The van der Waals surface area contributed by atoms with E-state index in [0.29, 0.717) is 15.2 Å². The molecule has 194 valence electrons. The minimum atomic E-state index is -0.487. The summed E-state index contributed by atoms with van der Waals surface area (Å²) in [6.45, 7) is 18.2. The molecule has 0 spiro atoms. The van der Waals surface area contributed by atoms with Crippen LogP contribution in [0.2, 0.25) is 0 Å². The van der Waals surface area contributed by atoms with Crippen molar-refractivity contribution in [3.05, 3.63) is 94.0 Å². The summed E-state index contributed by atoms with van der Waals surface area (Å²) in [5, 5.41) is 11.8. The Morgan fingerprint density at radius 1 is 0.944 bits per heavy atom. The number of aliphatic hydroxyl groups is 1. The topological polar surface area (TPSA) is 29.5 Å². The fourth-order valence-electron chi connectivity index (χ4n) is 4.77. The van der Waals surface area contributed by atoms with Gasteiger partial charge in [0.15, 0.2) is 0 Å². The lowest BCUT2D eigenvalue weighted by atomic mass is 9.82. The first kappa shape index (κ1) is 28.4. The molecule has 3 atom stereocenters. The first-order valence-electron chi connectivity index (χ1n) is 13.3. The van der Waals surface area contributed by atoms with Crippen LogP contribution >= 0.6 is 8.58 Å². The summed E-state index contributed by atoms with van der Waals surface area (Å²) >= 11 is 0. The summed E-state index contributed by atoms with van der Waals surface area (Å²) in [5.74, 6) is 1.02. The minimum absolute atomic E-state index is 0.0425. The van der Waals surface area contributed by atoms with Gasteiger partial charge in [0.1, 0.15) is 12.4 Å². The van der Waals surface area contributed by atoms with Gasteiger partial charge in [0, 0.05) is 10.7 Å². The standard InChI is InChI=1S/C33H45O2P/c1-9-10-18-33(8,36-30-17-16-23(2)19-28(30)25(4)34)29-21-27(32(5,6)7)20-24(3)31(29)35-22-26-14-12-11-13-15-26/h11-17,19-21,25,34,36H,9-10,18,22H2,1-8H3. The molecule has 36 heavy (non-hydrogen) atoms. The Balaban J connectivity index is 2.16. The van der Waals surface area contributed by atoms with E-state index in [-0.39, 0.29) is 10.6 Å². The van der Waals surface area contributed by atoms with Gasteiger partial charge in [-0.05, 0) is 60.2 Å². The van der Waals surface area contributed by atoms with Crippen LogP contribution in [0.15, 0.2) is 60.7 Å². The van der Waals surface area contributed by atoms with Crippen LogP contribution in [0.5, 0.6) is 5.75 Å². The zero-order valence-corrected chi connectivity index (χ0v) is 24.5. The summed E-state index contributed by atoms with van der Waals surface area (Å²) in [4.78, 5) is 0. The smallest absolute Gasteiger partial charge is 0.126 e. The van der Waals surface area contributed by atoms with Crippen LogP contribution < -0.4 is 10.0 Å². The van der Waals surface area contributed by atoms with E-state index < -0.39 is 6.10 Å². The maximum absolute atomic E-state index is 10.6. The van der Waals surface area contributed by atoms with Crippen molar-refractivity contribution in [1.82, 2.24) is 0 Å². The van der Waals surface area contributed by atoms with Crippen molar-refractivity contribution in [2.24, 2.45) is 0 Å². The number of aryl methyl sites for hydroxylation is 2. The fraction of sp³-hybridized carbons (Fsp3) is 0.455. The second-order valence-corrected chi connectivity index (χ2v) is 13.4. The minimum Gasteiger partial charge on any atom is -0.488 e. The van der Waals surface area contributed by atoms with Crippen LogP contribution in [0, 0.1) is 13.8 Å². The average Bonchev–Trinajstić information content (AvgIpc) is 2.82. The maximum atomic E-state index is 10.6. The van der Waals surface area contributed by atoms with Crippen molar-refractivity contribution < 1.29 is 9.84 Å². The Kier molecular flexibility index (Phi) is 9.42. The molecule has 3 unspecified atom stereocenters.